The predicted octanol–water partition coefficient (Wildman–Crippen LogP) is 2.88. The molecule has 1 aliphatic heterocycles. The molecule has 1 saturated heterocycles. The number of aliphatic imine (C=N–C) groups is 1. The van der Waals surface area contributed by atoms with Crippen molar-refractivity contribution in [2.75, 3.05) is 32.7 Å². The van der Waals surface area contributed by atoms with Crippen LogP contribution in [-0.4, -0.2) is 48.6 Å². The molecular weight excluding hydrogens is 413 g/mol. The number of nitrogens with one attached hydrogen (secondary N) is 2. The van der Waals surface area contributed by atoms with Crippen molar-refractivity contribution in [2.24, 2.45) is 10.9 Å². The zero-order valence-corrected chi connectivity index (χ0v) is 17.3. The maximum atomic E-state index is 4.60. The molecule has 1 aromatic heterocycles. The van der Waals surface area contributed by atoms with Crippen LogP contribution >= 0.6 is 24.0 Å². The van der Waals surface area contributed by atoms with E-state index in [4.69, 9.17) is 0 Å². The molecule has 1 aliphatic rings. The molecule has 6 heteroatoms. The third-order valence-electron chi connectivity index (χ3n) is 4.15. The highest BCUT2D eigenvalue weighted by Gasteiger charge is 2.15. The molecule has 1 unspecified atom stereocenters. The number of aromatic nitrogens is 1. The van der Waals surface area contributed by atoms with Gasteiger partial charge in [-0.1, -0.05) is 13.0 Å². The quantitative estimate of drug-likeness (QED) is 0.293. The van der Waals surface area contributed by atoms with Gasteiger partial charge >= 0.3 is 0 Å². The molecule has 1 fully saturated rings. The summed E-state index contributed by atoms with van der Waals surface area (Å²) in [4.78, 5) is 11.5. The Morgan fingerprint density at radius 1 is 1.38 bits per heavy atom. The van der Waals surface area contributed by atoms with E-state index in [1.165, 1.54) is 32.5 Å². The summed E-state index contributed by atoms with van der Waals surface area (Å²) in [7, 11) is 0. The summed E-state index contributed by atoms with van der Waals surface area (Å²) < 4.78 is 0. The van der Waals surface area contributed by atoms with Gasteiger partial charge in [0.25, 0.3) is 0 Å². The Morgan fingerprint density at radius 2 is 2.25 bits per heavy atom. The summed E-state index contributed by atoms with van der Waals surface area (Å²) >= 11 is 0. The van der Waals surface area contributed by atoms with E-state index in [1.807, 2.05) is 24.4 Å². The molecule has 136 valence electrons. The standard InChI is InChI=1S/C18H31N5.HI/c1-3-19-18(22-14-17-9-4-5-10-20-17)21-11-7-13-23-12-6-8-16(2)15-23;/h4-5,9-10,16H,3,6-8,11-15H2,1-2H3,(H2,19,21,22);1H. The average molecular weight is 445 g/mol. The lowest BCUT2D eigenvalue weighted by atomic mass is 10.0. The molecule has 0 saturated carbocycles. The molecule has 2 heterocycles. The Labute approximate surface area is 163 Å². The van der Waals surface area contributed by atoms with Crippen LogP contribution in [0.4, 0.5) is 0 Å². The molecule has 2 rings (SSSR count). The van der Waals surface area contributed by atoms with E-state index >= 15 is 0 Å². The van der Waals surface area contributed by atoms with E-state index in [2.05, 4.69) is 39.4 Å². The second-order valence-electron chi connectivity index (χ2n) is 6.34. The highest BCUT2D eigenvalue weighted by Crippen LogP contribution is 2.15. The van der Waals surface area contributed by atoms with Crippen LogP contribution in [0.3, 0.4) is 0 Å². The van der Waals surface area contributed by atoms with Crippen molar-refractivity contribution in [3.05, 3.63) is 30.1 Å². The normalized spacial score (nSPS) is 18.8. The van der Waals surface area contributed by atoms with Crippen molar-refractivity contribution >= 4 is 29.9 Å². The molecular formula is C18H32IN5. The second-order valence-corrected chi connectivity index (χ2v) is 6.34. The lowest BCUT2D eigenvalue weighted by Gasteiger charge is -2.30. The van der Waals surface area contributed by atoms with E-state index < -0.39 is 0 Å². The summed E-state index contributed by atoms with van der Waals surface area (Å²) in [6, 6.07) is 5.93. The number of pyridine rings is 1. The molecule has 0 amide bonds. The van der Waals surface area contributed by atoms with Gasteiger partial charge in [-0.05, 0) is 57.3 Å². The van der Waals surface area contributed by atoms with Gasteiger partial charge in [0.15, 0.2) is 5.96 Å². The first-order valence-corrected chi connectivity index (χ1v) is 8.92. The Hall–Kier alpha value is -0.890. The molecule has 0 bridgehead atoms. The van der Waals surface area contributed by atoms with Crippen molar-refractivity contribution in [2.45, 2.75) is 39.7 Å². The molecule has 0 aliphatic carbocycles. The fourth-order valence-electron chi connectivity index (χ4n) is 2.99. The predicted molar refractivity (Wildman–Crippen MR) is 112 cm³/mol. The van der Waals surface area contributed by atoms with Gasteiger partial charge < -0.3 is 15.5 Å². The Balaban J connectivity index is 0.00000288. The fraction of sp³-hybridized carbons (Fsp3) is 0.667. The van der Waals surface area contributed by atoms with Gasteiger partial charge in [0, 0.05) is 25.8 Å². The largest absolute Gasteiger partial charge is 0.357 e. The van der Waals surface area contributed by atoms with Crippen LogP contribution in [0.5, 0.6) is 0 Å². The number of rotatable bonds is 7. The van der Waals surface area contributed by atoms with Crippen LogP contribution in [0.2, 0.25) is 0 Å². The highest BCUT2D eigenvalue weighted by atomic mass is 127. The van der Waals surface area contributed by atoms with Crippen LogP contribution < -0.4 is 10.6 Å². The summed E-state index contributed by atoms with van der Waals surface area (Å²) in [6.45, 7) is 10.6. The Morgan fingerprint density at radius 3 is 2.96 bits per heavy atom. The number of likely N-dealkylation sites (tertiary alicyclic amines) is 1. The topological polar surface area (TPSA) is 52.6 Å². The molecule has 5 nitrogen and oxygen atoms in total. The minimum Gasteiger partial charge on any atom is -0.357 e. The lowest BCUT2D eigenvalue weighted by Crippen LogP contribution is -2.40. The maximum Gasteiger partial charge on any atom is 0.191 e. The number of halogens is 1. The SMILES string of the molecule is CCNC(=NCc1ccccn1)NCCCN1CCCC(C)C1.I. The average Bonchev–Trinajstić information content (AvgIpc) is 2.57. The van der Waals surface area contributed by atoms with Gasteiger partial charge in [0.05, 0.1) is 12.2 Å². The lowest BCUT2D eigenvalue weighted by molar-refractivity contribution is 0.182. The van der Waals surface area contributed by atoms with E-state index in [0.717, 1.165) is 37.1 Å². The third kappa shape index (κ3) is 8.28. The molecule has 1 aromatic rings. The zero-order chi connectivity index (χ0) is 16.3. The monoisotopic (exact) mass is 445 g/mol. The molecule has 0 spiro atoms. The van der Waals surface area contributed by atoms with Crippen molar-refractivity contribution in [3.8, 4) is 0 Å². The highest BCUT2D eigenvalue weighted by molar-refractivity contribution is 14.0. The smallest absolute Gasteiger partial charge is 0.191 e. The number of guanidine groups is 1. The first-order valence-electron chi connectivity index (χ1n) is 8.92. The second kappa shape index (κ2) is 12.5. The van der Waals surface area contributed by atoms with Crippen LogP contribution in [0.1, 0.15) is 38.8 Å². The van der Waals surface area contributed by atoms with Crippen LogP contribution in [-0.2, 0) is 6.54 Å². The zero-order valence-electron chi connectivity index (χ0n) is 15.0. The third-order valence-corrected chi connectivity index (χ3v) is 4.15. The van der Waals surface area contributed by atoms with Crippen LogP contribution in [0, 0.1) is 5.92 Å². The maximum absolute atomic E-state index is 4.60. The summed E-state index contributed by atoms with van der Waals surface area (Å²) in [6.07, 6.45) is 5.70. The minimum absolute atomic E-state index is 0. The Bertz CT molecular complexity index is 466. The van der Waals surface area contributed by atoms with Gasteiger partial charge in [0.2, 0.25) is 0 Å². The van der Waals surface area contributed by atoms with Crippen molar-refractivity contribution in [1.29, 1.82) is 0 Å². The van der Waals surface area contributed by atoms with Gasteiger partial charge in [-0.2, -0.15) is 0 Å². The number of piperidine rings is 1. The van der Waals surface area contributed by atoms with E-state index in [1.54, 1.807) is 0 Å². The summed E-state index contributed by atoms with van der Waals surface area (Å²) in [5.74, 6) is 1.74. The van der Waals surface area contributed by atoms with Gasteiger partial charge in [-0.25, -0.2) is 4.99 Å². The van der Waals surface area contributed by atoms with Crippen molar-refractivity contribution in [3.63, 3.8) is 0 Å². The molecule has 0 aromatic carbocycles. The minimum atomic E-state index is 0. The van der Waals surface area contributed by atoms with Gasteiger partial charge in [-0.3, -0.25) is 4.98 Å². The first kappa shape index (κ1) is 21.2. The van der Waals surface area contributed by atoms with E-state index in [-0.39, 0.29) is 24.0 Å². The Kier molecular flexibility index (Phi) is 11.0. The number of hydrogen-bond donors (Lipinski definition) is 2. The van der Waals surface area contributed by atoms with Gasteiger partial charge in [0.1, 0.15) is 0 Å². The molecule has 24 heavy (non-hydrogen) atoms. The van der Waals surface area contributed by atoms with Gasteiger partial charge in [-0.15, -0.1) is 24.0 Å². The van der Waals surface area contributed by atoms with E-state index in [9.17, 15) is 0 Å². The van der Waals surface area contributed by atoms with Crippen LogP contribution in [0.15, 0.2) is 29.4 Å². The molecule has 0 radical (unpaired) electrons. The fourth-order valence-corrected chi connectivity index (χ4v) is 2.99. The summed E-state index contributed by atoms with van der Waals surface area (Å²) in [5, 5.41) is 6.72. The first-order chi connectivity index (χ1) is 11.3. The molecule has 1 atom stereocenters. The summed E-state index contributed by atoms with van der Waals surface area (Å²) in [5.41, 5.74) is 0.993. The van der Waals surface area contributed by atoms with Crippen molar-refractivity contribution in [1.82, 2.24) is 20.5 Å². The number of nitrogens with zero attached hydrogens (tertiary/aromatic N) is 3. The van der Waals surface area contributed by atoms with Crippen LogP contribution in [0.25, 0.3) is 0 Å². The number of hydrogen-bond acceptors (Lipinski definition) is 3. The van der Waals surface area contributed by atoms with Crippen molar-refractivity contribution < 1.29 is 0 Å². The molecule has 2 N–H and O–H groups in total. The van der Waals surface area contributed by atoms with E-state index in [0.29, 0.717) is 6.54 Å².